The van der Waals surface area contributed by atoms with E-state index in [9.17, 15) is 31.5 Å². The molecule has 0 aromatic heterocycles. The number of ether oxygens (including phenoxy) is 2. The standard InChI is InChI=1S/C10H4ClF5O4/c11-9(12,13)7(17)19-5-2-1-3-6(4-5)20-8(18)10(14,15)16/h1-4H. The second-order valence-electron chi connectivity index (χ2n) is 3.25. The Kier molecular flexibility index (Phi) is 4.53. The van der Waals surface area contributed by atoms with E-state index in [1.54, 1.807) is 0 Å². The van der Waals surface area contributed by atoms with Crippen LogP contribution in [0.15, 0.2) is 24.3 Å². The van der Waals surface area contributed by atoms with Crippen molar-refractivity contribution in [2.75, 3.05) is 0 Å². The maximum absolute atomic E-state index is 12.3. The minimum Gasteiger partial charge on any atom is -0.421 e. The number of alkyl halides is 6. The lowest BCUT2D eigenvalue weighted by atomic mass is 10.3. The largest absolute Gasteiger partial charge is 0.491 e. The van der Waals surface area contributed by atoms with Crippen molar-refractivity contribution >= 4 is 23.5 Å². The molecule has 0 N–H and O–H groups in total. The summed E-state index contributed by atoms with van der Waals surface area (Å²) in [6.07, 6.45) is -5.23. The maximum atomic E-state index is 12.3. The van der Waals surface area contributed by atoms with Gasteiger partial charge in [-0.25, -0.2) is 9.59 Å². The molecule has 0 aliphatic heterocycles. The first-order chi connectivity index (χ1) is 9.00. The first kappa shape index (κ1) is 16.2. The van der Waals surface area contributed by atoms with Crippen molar-refractivity contribution in [1.29, 1.82) is 0 Å². The van der Waals surface area contributed by atoms with Gasteiger partial charge in [-0.3, -0.25) is 0 Å². The Morgan fingerprint density at radius 1 is 0.950 bits per heavy atom. The lowest BCUT2D eigenvalue weighted by Gasteiger charge is -2.10. The molecule has 0 bridgehead atoms. The fourth-order valence-electron chi connectivity index (χ4n) is 0.931. The number of esters is 2. The summed E-state index contributed by atoms with van der Waals surface area (Å²) in [6.45, 7) is 0. The predicted octanol–water partition coefficient (Wildman–Crippen LogP) is 2.89. The van der Waals surface area contributed by atoms with E-state index in [0.717, 1.165) is 18.2 Å². The molecule has 0 aliphatic rings. The van der Waals surface area contributed by atoms with Crippen LogP contribution in [0.25, 0.3) is 0 Å². The Balaban J connectivity index is 2.82. The Labute approximate surface area is 113 Å². The molecule has 1 aromatic rings. The Morgan fingerprint density at radius 3 is 1.80 bits per heavy atom. The van der Waals surface area contributed by atoms with E-state index in [0.29, 0.717) is 6.07 Å². The summed E-state index contributed by atoms with van der Waals surface area (Å²) in [6, 6.07) is 3.57. The van der Waals surface area contributed by atoms with Crippen molar-refractivity contribution in [3.05, 3.63) is 24.3 Å². The first-order valence-electron chi connectivity index (χ1n) is 4.68. The molecule has 1 aromatic carbocycles. The minimum atomic E-state index is -5.23. The third-order valence-electron chi connectivity index (χ3n) is 1.69. The number of benzene rings is 1. The average Bonchev–Trinajstić information content (AvgIpc) is 2.26. The molecule has 10 heteroatoms. The van der Waals surface area contributed by atoms with Gasteiger partial charge in [0.1, 0.15) is 11.5 Å². The highest BCUT2D eigenvalue weighted by molar-refractivity contribution is 6.31. The van der Waals surface area contributed by atoms with Gasteiger partial charge in [0, 0.05) is 6.07 Å². The van der Waals surface area contributed by atoms with Gasteiger partial charge < -0.3 is 9.47 Å². The number of carbonyl (C=O) groups excluding carboxylic acids is 2. The topological polar surface area (TPSA) is 52.6 Å². The van der Waals surface area contributed by atoms with Gasteiger partial charge >= 0.3 is 23.5 Å². The van der Waals surface area contributed by atoms with Gasteiger partial charge in [-0.05, 0) is 23.7 Å². The van der Waals surface area contributed by atoms with Crippen LogP contribution < -0.4 is 9.47 Å². The van der Waals surface area contributed by atoms with E-state index >= 15 is 0 Å². The van der Waals surface area contributed by atoms with Crippen molar-refractivity contribution in [2.45, 2.75) is 11.6 Å². The molecule has 0 amide bonds. The van der Waals surface area contributed by atoms with Crippen LogP contribution in [0.2, 0.25) is 0 Å². The van der Waals surface area contributed by atoms with E-state index in [-0.39, 0.29) is 0 Å². The van der Waals surface area contributed by atoms with Gasteiger partial charge in [0.15, 0.2) is 0 Å². The molecule has 0 saturated heterocycles. The van der Waals surface area contributed by atoms with Crippen molar-refractivity contribution in [2.24, 2.45) is 0 Å². The van der Waals surface area contributed by atoms with Crippen LogP contribution in [0.5, 0.6) is 11.5 Å². The Hall–Kier alpha value is -1.90. The molecule has 20 heavy (non-hydrogen) atoms. The molecule has 0 aliphatic carbocycles. The van der Waals surface area contributed by atoms with E-state index in [1.165, 1.54) is 0 Å². The summed E-state index contributed by atoms with van der Waals surface area (Å²) in [7, 11) is 0. The van der Waals surface area contributed by atoms with Gasteiger partial charge in [0.25, 0.3) is 0 Å². The lowest BCUT2D eigenvalue weighted by Crippen LogP contribution is -2.28. The quantitative estimate of drug-likeness (QED) is 0.372. The second-order valence-corrected chi connectivity index (χ2v) is 3.72. The molecule has 0 unspecified atom stereocenters. The van der Waals surface area contributed by atoms with Crippen LogP contribution in [-0.4, -0.2) is 23.5 Å². The summed E-state index contributed by atoms with van der Waals surface area (Å²) in [5.41, 5.74) is 0. The molecule has 0 radical (unpaired) electrons. The number of carbonyl (C=O) groups is 2. The zero-order chi connectivity index (χ0) is 15.6. The summed E-state index contributed by atoms with van der Waals surface area (Å²) in [4.78, 5) is 21.3. The van der Waals surface area contributed by atoms with E-state index in [1.807, 2.05) is 0 Å². The molecule has 0 atom stereocenters. The van der Waals surface area contributed by atoms with E-state index in [4.69, 9.17) is 0 Å². The number of hydrogen-bond acceptors (Lipinski definition) is 4. The van der Waals surface area contributed by atoms with Crippen molar-refractivity contribution in [1.82, 2.24) is 0 Å². The normalized spacial score (nSPS) is 11.9. The lowest BCUT2D eigenvalue weighted by molar-refractivity contribution is -0.189. The molecule has 0 fully saturated rings. The zero-order valence-corrected chi connectivity index (χ0v) is 9.97. The molecule has 1 rings (SSSR count). The molecular weight excluding hydrogens is 315 g/mol. The second kappa shape index (κ2) is 5.61. The monoisotopic (exact) mass is 318 g/mol. The third-order valence-corrected chi connectivity index (χ3v) is 1.84. The van der Waals surface area contributed by atoms with Crippen LogP contribution in [0.4, 0.5) is 22.0 Å². The number of halogens is 6. The molecule has 4 nitrogen and oxygen atoms in total. The highest BCUT2D eigenvalue weighted by Gasteiger charge is 2.41. The molecular formula is C10H4ClF5O4. The number of rotatable bonds is 3. The van der Waals surface area contributed by atoms with Gasteiger partial charge in [0.2, 0.25) is 0 Å². The first-order valence-corrected chi connectivity index (χ1v) is 5.06. The van der Waals surface area contributed by atoms with Gasteiger partial charge in [-0.1, -0.05) is 6.07 Å². The van der Waals surface area contributed by atoms with Gasteiger partial charge in [-0.2, -0.15) is 22.0 Å². The molecule has 110 valence electrons. The summed E-state index contributed by atoms with van der Waals surface area (Å²) < 4.78 is 68.4. The molecule has 0 heterocycles. The van der Waals surface area contributed by atoms with E-state index < -0.39 is 35.0 Å². The van der Waals surface area contributed by atoms with Crippen LogP contribution in [0.1, 0.15) is 0 Å². The van der Waals surface area contributed by atoms with Crippen molar-refractivity contribution in [3.8, 4) is 11.5 Å². The number of hydrogen-bond donors (Lipinski definition) is 0. The van der Waals surface area contributed by atoms with E-state index in [2.05, 4.69) is 21.1 Å². The fourth-order valence-corrected chi connectivity index (χ4v) is 0.970. The summed E-state index contributed by atoms with van der Waals surface area (Å²) >= 11 is 4.38. The van der Waals surface area contributed by atoms with Crippen molar-refractivity contribution in [3.63, 3.8) is 0 Å². The average molecular weight is 319 g/mol. The maximum Gasteiger partial charge on any atom is 0.491 e. The van der Waals surface area contributed by atoms with Crippen LogP contribution in [-0.2, 0) is 9.59 Å². The summed E-state index contributed by atoms with van der Waals surface area (Å²) in [5.74, 6) is -5.85. The van der Waals surface area contributed by atoms with Gasteiger partial charge in [-0.15, -0.1) is 0 Å². The molecule has 0 spiro atoms. The highest BCUT2D eigenvalue weighted by Crippen LogP contribution is 2.26. The Morgan fingerprint density at radius 2 is 1.40 bits per heavy atom. The third kappa shape index (κ3) is 4.65. The van der Waals surface area contributed by atoms with Crippen LogP contribution >= 0.6 is 11.6 Å². The fraction of sp³-hybridized carbons (Fsp3) is 0.200. The molecule has 0 saturated carbocycles. The van der Waals surface area contributed by atoms with Crippen LogP contribution in [0, 0.1) is 0 Å². The van der Waals surface area contributed by atoms with Crippen molar-refractivity contribution < 1.29 is 41.0 Å². The predicted molar refractivity (Wildman–Crippen MR) is 54.6 cm³/mol. The zero-order valence-electron chi connectivity index (χ0n) is 9.21. The van der Waals surface area contributed by atoms with Gasteiger partial charge in [0.05, 0.1) is 0 Å². The Bertz CT molecular complexity index is 480. The highest BCUT2D eigenvalue weighted by atomic mass is 35.5. The SMILES string of the molecule is O=C(Oc1cccc(OC(=O)C(F)(F)Cl)c1)C(F)(F)F. The smallest absolute Gasteiger partial charge is 0.421 e. The minimum absolute atomic E-state index is 0.567. The van der Waals surface area contributed by atoms with Crippen LogP contribution in [0.3, 0.4) is 0 Å². The summed E-state index contributed by atoms with van der Waals surface area (Å²) in [5, 5.41) is -4.29.